The van der Waals surface area contributed by atoms with Crippen molar-refractivity contribution in [1.82, 2.24) is 0 Å². The van der Waals surface area contributed by atoms with Crippen molar-refractivity contribution in [3.05, 3.63) is 23.8 Å². The quantitative estimate of drug-likeness (QED) is 0.462. The number of hydrogen-bond donors (Lipinski definition) is 0. The fourth-order valence-corrected chi connectivity index (χ4v) is 2.65. The maximum Gasteiger partial charge on any atom is 0.00949 e. The summed E-state index contributed by atoms with van der Waals surface area (Å²) in [6, 6.07) is 0. The van der Waals surface area contributed by atoms with E-state index in [2.05, 4.69) is 39.0 Å². The van der Waals surface area contributed by atoms with Gasteiger partial charge in [0, 0.05) is 5.41 Å². The second-order valence-electron chi connectivity index (χ2n) is 4.62. The molecule has 0 saturated heterocycles. The fourth-order valence-electron chi connectivity index (χ4n) is 2.65. The Bertz CT molecular complexity index is 247. The summed E-state index contributed by atoms with van der Waals surface area (Å²) in [6.45, 7) is 7.01. The van der Waals surface area contributed by atoms with Crippen LogP contribution in [0.5, 0.6) is 0 Å². The molecule has 0 amide bonds. The first-order valence-electron chi connectivity index (χ1n) is 4.42. The normalized spacial score (nSPS) is 47.7. The van der Waals surface area contributed by atoms with Crippen LogP contribution in [0.3, 0.4) is 0 Å². The molecule has 0 nitrogen and oxygen atoms in total. The van der Waals surface area contributed by atoms with Gasteiger partial charge in [0.1, 0.15) is 0 Å². The predicted octanol–water partition coefficient (Wildman–Crippen LogP) is 3.31. The average molecular weight is 148 g/mol. The lowest BCUT2D eigenvalue weighted by Gasteiger charge is -2.33. The maximum absolute atomic E-state index is 2.44. The van der Waals surface area contributed by atoms with Gasteiger partial charge in [0.2, 0.25) is 0 Å². The van der Waals surface area contributed by atoms with E-state index in [0.29, 0.717) is 10.8 Å². The van der Waals surface area contributed by atoms with E-state index in [1.54, 1.807) is 5.57 Å². The van der Waals surface area contributed by atoms with Crippen LogP contribution in [0.4, 0.5) is 0 Å². The minimum absolute atomic E-state index is 0.372. The van der Waals surface area contributed by atoms with Crippen LogP contribution in [0.1, 0.15) is 33.6 Å². The van der Waals surface area contributed by atoms with Gasteiger partial charge in [-0.3, -0.25) is 0 Å². The standard InChI is InChI=1S/C11H16/c1-9-7-10(2)5-4-6-11(10,3)8-9/h4-5,7H,6,8H2,1-3H3/t10-,11-/m0/s1. The first kappa shape index (κ1) is 7.15. The van der Waals surface area contributed by atoms with E-state index in [-0.39, 0.29) is 0 Å². The Morgan fingerprint density at radius 3 is 2.73 bits per heavy atom. The smallest absolute Gasteiger partial charge is 0.00949 e. The molecule has 2 aliphatic carbocycles. The number of allylic oxidation sites excluding steroid dienone is 4. The van der Waals surface area contributed by atoms with Gasteiger partial charge >= 0.3 is 0 Å². The van der Waals surface area contributed by atoms with E-state index in [0.717, 1.165) is 0 Å². The van der Waals surface area contributed by atoms with Crippen LogP contribution >= 0.6 is 0 Å². The zero-order chi connectivity index (χ0) is 8.11. The van der Waals surface area contributed by atoms with E-state index >= 15 is 0 Å². The Kier molecular flexibility index (Phi) is 1.17. The Morgan fingerprint density at radius 1 is 1.36 bits per heavy atom. The Morgan fingerprint density at radius 2 is 2.09 bits per heavy atom. The summed E-state index contributed by atoms with van der Waals surface area (Å²) < 4.78 is 0. The lowest BCUT2D eigenvalue weighted by Crippen LogP contribution is -2.26. The molecule has 0 heterocycles. The molecule has 0 aromatic carbocycles. The minimum Gasteiger partial charge on any atom is -0.0871 e. The summed E-state index contributed by atoms with van der Waals surface area (Å²) in [5, 5.41) is 0. The van der Waals surface area contributed by atoms with Crippen LogP contribution in [0.25, 0.3) is 0 Å². The second-order valence-corrected chi connectivity index (χ2v) is 4.62. The molecule has 0 saturated carbocycles. The zero-order valence-electron chi connectivity index (χ0n) is 7.65. The van der Waals surface area contributed by atoms with E-state index in [4.69, 9.17) is 0 Å². The summed E-state index contributed by atoms with van der Waals surface area (Å²) in [5.74, 6) is 0. The van der Waals surface area contributed by atoms with Gasteiger partial charge in [0.05, 0.1) is 0 Å². The highest BCUT2D eigenvalue weighted by atomic mass is 14.5. The molecule has 0 heteroatoms. The molecule has 2 atom stereocenters. The molecule has 0 spiro atoms. The number of fused-ring (bicyclic) bond motifs is 1. The van der Waals surface area contributed by atoms with Crippen LogP contribution in [-0.4, -0.2) is 0 Å². The van der Waals surface area contributed by atoms with Gasteiger partial charge in [0.15, 0.2) is 0 Å². The van der Waals surface area contributed by atoms with Crippen molar-refractivity contribution in [3.8, 4) is 0 Å². The molecule has 11 heavy (non-hydrogen) atoms. The monoisotopic (exact) mass is 148 g/mol. The summed E-state index contributed by atoms with van der Waals surface area (Å²) in [7, 11) is 0. The number of rotatable bonds is 0. The molecule has 60 valence electrons. The van der Waals surface area contributed by atoms with Gasteiger partial charge in [-0.1, -0.05) is 37.6 Å². The summed E-state index contributed by atoms with van der Waals surface area (Å²) >= 11 is 0. The van der Waals surface area contributed by atoms with Crippen LogP contribution in [-0.2, 0) is 0 Å². The average Bonchev–Trinajstić information content (AvgIpc) is 2.16. The van der Waals surface area contributed by atoms with Crippen molar-refractivity contribution in [2.75, 3.05) is 0 Å². The summed E-state index contributed by atoms with van der Waals surface area (Å²) in [6.07, 6.45) is 9.71. The highest BCUT2D eigenvalue weighted by Gasteiger charge is 2.47. The topological polar surface area (TPSA) is 0 Å². The van der Waals surface area contributed by atoms with Crippen molar-refractivity contribution in [1.29, 1.82) is 0 Å². The van der Waals surface area contributed by atoms with Gasteiger partial charge in [-0.05, 0) is 25.2 Å². The van der Waals surface area contributed by atoms with Crippen LogP contribution in [0, 0.1) is 10.8 Å². The third-order valence-corrected chi connectivity index (χ3v) is 3.55. The van der Waals surface area contributed by atoms with Crippen molar-refractivity contribution in [2.24, 2.45) is 10.8 Å². The molecule has 0 N–H and O–H groups in total. The molecule has 2 aliphatic rings. The first-order valence-corrected chi connectivity index (χ1v) is 4.42. The molecular formula is C11H16. The fraction of sp³-hybridized carbons (Fsp3) is 0.636. The van der Waals surface area contributed by atoms with E-state index in [1.807, 2.05) is 0 Å². The van der Waals surface area contributed by atoms with Gasteiger partial charge in [-0.2, -0.15) is 0 Å². The second kappa shape index (κ2) is 1.80. The van der Waals surface area contributed by atoms with Crippen molar-refractivity contribution >= 4 is 0 Å². The summed E-state index contributed by atoms with van der Waals surface area (Å²) in [4.78, 5) is 0. The van der Waals surface area contributed by atoms with Crippen LogP contribution in [0.2, 0.25) is 0 Å². The molecule has 0 radical (unpaired) electrons. The third kappa shape index (κ3) is 0.756. The van der Waals surface area contributed by atoms with Gasteiger partial charge in [0.25, 0.3) is 0 Å². The Hall–Kier alpha value is -0.520. The Balaban J connectivity index is 2.44. The van der Waals surface area contributed by atoms with Crippen molar-refractivity contribution < 1.29 is 0 Å². The molecular weight excluding hydrogens is 132 g/mol. The molecule has 0 aliphatic heterocycles. The SMILES string of the molecule is CC1=C[C@]2(C)C=CC[C@@]2(C)C1. The molecule has 0 unspecified atom stereocenters. The molecule has 0 aromatic rings. The Labute approximate surface area is 69.0 Å². The van der Waals surface area contributed by atoms with Gasteiger partial charge in [-0.15, -0.1) is 0 Å². The highest BCUT2D eigenvalue weighted by Crippen LogP contribution is 2.57. The third-order valence-electron chi connectivity index (χ3n) is 3.55. The van der Waals surface area contributed by atoms with Crippen LogP contribution in [0.15, 0.2) is 23.8 Å². The van der Waals surface area contributed by atoms with Gasteiger partial charge < -0.3 is 0 Å². The minimum atomic E-state index is 0.372. The first-order chi connectivity index (χ1) is 5.06. The predicted molar refractivity (Wildman–Crippen MR) is 48.3 cm³/mol. The molecule has 0 fully saturated rings. The lowest BCUT2D eigenvalue weighted by molar-refractivity contribution is 0.217. The molecule has 0 bridgehead atoms. The molecule has 0 aromatic heterocycles. The number of hydrogen-bond acceptors (Lipinski definition) is 0. The lowest BCUT2D eigenvalue weighted by atomic mass is 9.70. The van der Waals surface area contributed by atoms with Crippen molar-refractivity contribution in [3.63, 3.8) is 0 Å². The molecule has 2 rings (SSSR count). The summed E-state index contributed by atoms with van der Waals surface area (Å²) in [5.41, 5.74) is 2.45. The largest absolute Gasteiger partial charge is 0.0871 e. The van der Waals surface area contributed by atoms with E-state index in [9.17, 15) is 0 Å². The van der Waals surface area contributed by atoms with Crippen molar-refractivity contribution in [2.45, 2.75) is 33.6 Å². The highest BCUT2D eigenvalue weighted by molar-refractivity contribution is 5.32. The maximum atomic E-state index is 2.44. The van der Waals surface area contributed by atoms with E-state index in [1.165, 1.54) is 12.8 Å². The zero-order valence-corrected chi connectivity index (χ0v) is 7.65. The van der Waals surface area contributed by atoms with Gasteiger partial charge in [-0.25, -0.2) is 0 Å². The van der Waals surface area contributed by atoms with E-state index < -0.39 is 0 Å². The van der Waals surface area contributed by atoms with Crippen LogP contribution < -0.4 is 0 Å².